The Kier molecular flexibility index (Phi) is 4.08. The minimum absolute atomic E-state index is 0.153. The maximum Gasteiger partial charge on any atom is 0.270 e. The quantitative estimate of drug-likeness (QED) is 0.755. The first-order chi connectivity index (χ1) is 9.06. The van der Waals surface area contributed by atoms with E-state index in [-0.39, 0.29) is 19.1 Å². The van der Waals surface area contributed by atoms with Gasteiger partial charge in [0.25, 0.3) is 5.91 Å². The number of rotatable bonds is 3. The van der Waals surface area contributed by atoms with E-state index >= 15 is 0 Å². The molecule has 7 heteroatoms. The van der Waals surface area contributed by atoms with Crippen LogP contribution in [0.4, 0.5) is 5.95 Å². The van der Waals surface area contributed by atoms with Gasteiger partial charge in [0.1, 0.15) is 12.7 Å². The summed E-state index contributed by atoms with van der Waals surface area (Å²) in [6.45, 7) is 0.347. The first-order valence-corrected chi connectivity index (χ1v) is 5.86. The Morgan fingerprint density at radius 3 is 2.74 bits per heavy atom. The van der Waals surface area contributed by atoms with Crippen molar-refractivity contribution in [2.24, 2.45) is 0 Å². The second kappa shape index (κ2) is 5.77. The number of hydrogen-bond acceptors (Lipinski definition) is 6. The van der Waals surface area contributed by atoms with Gasteiger partial charge >= 0.3 is 0 Å². The number of aromatic nitrogens is 2. The maximum absolute atomic E-state index is 11.7. The fraction of sp³-hybridized carbons (Fsp3) is 0.417. The lowest BCUT2D eigenvalue weighted by molar-refractivity contribution is -0.162. The van der Waals surface area contributed by atoms with E-state index < -0.39 is 6.10 Å². The summed E-state index contributed by atoms with van der Waals surface area (Å²) in [5, 5.41) is 10.4. The van der Waals surface area contributed by atoms with Gasteiger partial charge in [-0.1, -0.05) is 0 Å². The SMILES string of the molecule is CN(C)c1ncc(C=CC(=O)N2CC(O)CO2)cn1. The molecule has 1 amide bonds. The van der Waals surface area contributed by atoms with Gasteiger partial charge in [-0.05, 0) is 6.08 Å². The van der Waals surface area contributed by atoms with E-state index in [2.05, 4.69) is 9.97 Å². The third kappa shape index (κ3) is 3.49. The van der Waals surface area contributed by atoms with E-state index in [1.54, 1.807) is 23.4 Å². The predicted octanol–water partition coefficient (Wildman–Crippen LogP) is -0.310. The molecule has 1 saturated heterocycles. The van der Waals surface area contributed by atoms with Crippen LogP contribution in [0.25, 0.3) is 6.08 Å². The van der Waals surface area contributed by atoms with E-state index in [9.17, 15) is 9.90 Å². The van der Waals surface area contributed by atoms with E-state index in [0.29, 0.717) is 5.95 Å². The van der Waals surface area contributed by atoms with Crippen LogP contribution >= 0.6 is 0 Å². The summed E-state index contributed by atoms with van der Waals surface area (Å²) in [6.07, 6.45) is 5.62. The summed E-state index contributed by atoms with van der Waals surface area (Å²) in [5.74, 6) is 0.294. The average Bonchev–Trinajstić information content (AvgIpc) is 2.83. The van der Waals surface area contributed by atoms with Gasteiger partial charge in [0.05, 0.1) is 6.54 Å². The Labute approximate surface area is 111 Å². The number of carbonyl (C=O) groups is 1. The van der Waals surface area contributed by atoms with Gasteiger partial charge in [-0.3, -0.25) is 9.63 Å². The van der Waals surface area contributed by atoms with Crippen LogP contribution in [0, 0.1) is 0 Å². The third-order valence-electron chi connectivity index (χ3n) is 2.52. The lowest BCUT2D eigenvalue weighted by Crippen LogP contribution is -2.26. The third-order valence-corrected chi connectivity index (χ3v) is 2.52. The highest BCUT2D eigenvalue weighted by Gasteiger charge is 2.24. The van der Waals surface area contributed by atoms with E-state index in [0.717, 1.165) is 10.6 Å². The second-order valence-corrected chi connectivity index (χ2v) is 4.39. The normalized spacial score (nSPS) is 19.1. The lowest BCUT2D eigenvalue weighted by Gasteiger charge is -2.10. The molecule has 2 rings (SSSR count). The number of β-amino-alcohol motifs (C(OH)–C–C–N with tert-alkyl or cyclic N) is 1. The van der Waals surface area contributed by atoms with Crippen LogP contribution < -0.4 is 4.90 Å². The molecule has 102 valence electrons. The van der Waals surface area contributed by atoms with Crippen molar-refractivity contribution < 1.29 is 14.7 Å². The first kappa shape index (κ1) is 13.4. The minimum Gasteiger partial charge on any atom is -0.389 e. The van der Waals surface area contributed by atoms with Crippen LogP contribution in [-0.2, 0) is 9.63 Å². The Morgan fingerprint density at radius 2 is 2.21 bits per heavy atom. The summed E-state index contributed by atoms with van der Waals surface area (Å²) in [4.78, 5) is 26.8. The van der Waals surface area contributed by atoms with Gasteiger partial charge in [0.15, 0.2) is 0 Å². The molecule has 19 heavy (non-hydrogen) atoms. The molecule has 0 bridgehead atoms. The largest absolute Gasteiger partial charge is 0.389 e. The van der Waals surface area contributed by atoms with Crippen molar-refractivity contribution in [2.75, 3.05) is 32.1 Å². The van der Waals surface area contributed by atoms with Crippen LogP contribution in [0.2, 0.25) is 0 Å². The van der Waals surface area contributed by atoms with E-state index in [4.69, 9.17) is 4.84 Å². The van der Waals surface area contributed by atoms with Gasteiger partial charge in [-0.15, -0.1) is 0 Å². The number of aliphatic hydroxyl groups excluding tert-OH is 1. The highest BCUT2D eigenvalue weighted by atomic mass is 16.7. The van der Waals surface area contributed by atoms with Crippen molar-refractivity contribution in [1.29, 1.82) is 0 Å². The fourth-order valence-corrected chi connectivity index (χ4v) is 1.53. The fourth-order valence-electron chi connectivity index (χ4n) is 1.53. The molecule has 0 saturated carbocycles. The Balaban J connectivity index is 1.96. The number of amides is 1. The molecule has 1 unspecified atom stereocenters. The molecular formula is C12H16N4O3. The molecule has 1 fully saturated rings. The Hall–Kier alpha value is -1.99. The molecule has 0 radical (unpaired) electrons. The van der Waals surface area contributed by atoms with Crippen molar-refractivity contribution in [1.82, 2.24) is 15.0 Å². The molecule has 0 aromatic carbocycles. The number of nitrogens with zero attached hydrogens (tertiary/aromatic N) is 4. The van der Waals surface area contributed by atoms with Crippen LogP contribution in [-0.4, -0.2) is 59.4 Å². The zero-order valence-corrected chi connectivity index (χ0v) is 10.9. The smallest absolute Gasteiger partial charge is 0.270 e. The zero-order chi connectivity index (χ0) is 13.8. The summed E-state index contributed by atoms with van der Waals surface area (Å²) >= 11 is 0. The summed E-state index contributed by atoms with van der Waals surface area (Å²) in [5.41, 5.74) is 0.721. The van der Waals surface area contributed by atoms with Crippen molar-refractivity contribution in [3.63, 3.8) is 0 Å². The second-order valence-electron chi connectivity index (χ2n) is 4.39. The number of carbonyl (C=O) groups excluding carboxylic acids is 1. The van der Waals surface area contributed by atoms with E-state index in [1.165, 1.54) is 6.08 Å². The monoisotopic (exact) mass is 264 g/mol. The van der Waals surface area contributed by atoms with Gasteiger partial charge in [0.2, 0.25) is 5.95 Å². The lowest BCUT2D eigenvalue weighted by atomic mass is 10.3. The molecule has 1 aliphatic heterocycles. The molecule has 7 nitrogen and oxygen atoms in total. The first-order valence-electron chi connectivity index (χ1n) is 5.86. The Bertz CT molecular complexity index is 472. The molecule has 1 aromatic heterocycles. The molecule has 1 aliphatic rings. The summed E-state index contributed by atoms with van der Waals surface area (Å²) < 4.78 is 0. The van der Waals surface area contributed by atoms with Crippen LogP contribution in [0.15, 0.2) is 18.5 Å². The maximum atomic E-state index is 11.7. The van der Waals surface area contributed by atoms with Gasteiger partial charge in [0, 0.05) is 38.1 Å². The van der Waals surface area contributed by atoms with Crippen molar-refractivity contribution >= 4 is 17.9 Å². The zero-order valence-electron chi connectivity index (χ0n) is 10.9. The standard InChI is InChI=1S/C12H16N4O3/c1-15(2)12-13-5-9(6-14-12)3-4-11(18)16-7-10(17)8-19-16/h3-6,10,17H,7-8H2,1-2H3. The number of hydroxylamine groups is 2. The number of hydrogen-bond donors (Lipinski definition) is 1. The highest BCUT2D eigenvalue weighted by Crippen LogP contribution is 2.08. The van der Waals surface area contributed by atoms with E-state index in [1.807, 2.05) is 14.1 Å². The van der Waals surface area contributed by atoms with Crippen LogP contribution in [0.3, 0.4) is 0 Å². The van der Waals surface area contributed by atoms with Gasteiger partial charge in [-0.2, -0.15) is 0 Å². The van der Waals surface area contributed by atoms with Crippen molar-refractivity contribution in [3.05, 3.63) is 24.0 Å². The molecular weight excluding hydrogens is 248 g/mol. The molecule has 1 atom stereocenters. The predicted molar refractivity (Wildman–Crippen MR) is 69.1 cm³/mol. The molecule has 1 N–H and O–H groups in total. The van der Waals surface area contributed by atoms with Gasteiger partial charge < -0.3 is 10.0 Å². The summed E-state index contributed by atoms with van der Waals surface area (Å²) in [6, 6.07) is 0. The Morgan fingerprint density at radius 1 is 1.53 bits per heavy atom. The molecule has 0 aliphatic carbocycles. The van der Waals surface area contributed by atoms with Crippen LogP contribution in [0.1, 0.15) is 5.56 Å². The number of aliphatic hydroxyl groups is 1. The van der Waals surface area contributed by atoms with Crippen LogP contribution in [0.5, 0.6) is 0 Å². The average molecular weight is 264 g/mol. The van der Waals surface area contributed by atoms with Crippen molar-refractivity contribution in [2.45, 2.75) is 6.10 Å². The molecule has 2 heterocycles. The summed E-state index contributed by atoms with van der Waals surface area (Å²) in [7, 11) is 3.70. The van der Waals surface area contributed by atoms with Gasteiger partial charge in [-0.25, -0.2) is 15.0 Å². The minimum atomic E-state index is -0.611. The van der Waals surface area contributed by atoms with Crippen molar-refractivity contribution in [3.8, 4) is 0 Å². The topological polar surface area (TPSA) is 78.8 Å². The molecule has 0 spiro atoms. The number of anilines is 1. The molecule has 1 aromatic rings. The highest BCUT2D eigenvalue weighted by molar-refractivity contribution is 5.91.